The van der Waals surface area contributed by atoms with Crippen LogP contribution in [0.15, 0.2) is 18.2 Å². The molecule has 3 nitrogen and oxygen atoms in total. The molecule has 1 amide bonds. The summed E-state index contributed by atoms with van der Waals surface area (Å²) < 4.78 is 0. The van der Waals surface area contributed by atoms with E-state index in [0.29, 0.717) is 22.9 Å². The molecule has 1 heterocycles. The van der Waals surface area contributed by atoms with Crippen LogP contribution in [0.2, 0.25) is 10.0 Å². The highest BCUT2D eigenvalue weighted by Gasteiger charge is 2.14. The van der Waals surface area contributed by atoms with Crippen LogP contribution in [0.5, 0.6) is 0 Å². The fourth-order valence-electron chi connectivity index (χ4n) is 2.88. The molecule has 1 aliphatic heterocycles. The van der Waals surface area contributed by atoms with Crippen LogP contribution in [0, 0.1) is 5.92 Å². The number of carbonyl (C=O) groups excluding carboxylic acids is 1. The van der Waals surface area contributed by atoms with Crippen LogP contribution < -0.4 is 5.32 Å². The SMILES string of the molecule is CC1CCN(CCCNC(=O)CCc2ccc(Cl)cc2Cl)CC1. The van der Waals surface area contributed by atoms with Crippen LogP contribution in [-0.2, 0) is 11.2 Å². The highest BCUT2D eigenvalue weighted by Crippen LogP contribution is 2.22. The summed E-state index contributed by atoms with van der Waals surface area (Å²) in [7, 11) is 0. The summed E-state index contributed by atoms with van der Waals surface area (Å²) in [6, 6.07) is 5.41. The Morgan fingerprint density at radius 2 is 2.04 bits per heavy atom. The van der Waals surface area contributed by atoms with Crippen molar-refractivity contribution in [2.45, 2.75) is 39.0 Å². The van der Waals surface area contributed by atoms with E-state index in [1.807, 2.05) is 6.07 Å². The van der Waals surface area contributed by atoms with Crippen LogP contribution in [0.25, 0.3) is 0 Å². The molecule has 23 heavy (non-hydrogen) atoms. The quantitative estimate of drug-likeness (QED) is 0.743. The lowest BCUT2D eigenvalue weighted by Gasteiger charge is -2.30. The summed E-state index contributed by atoms with van der Waals surface area (Å²) in [5.41, 5.74) is 0.966. The standard InChI is InChI=1S/C18H26Cl2N2O/c1-14-7-11-22(12-8-14)10-2-9-21-18(23)6-4-15-3-5-16(19)13-17(15)20/h3,5,13-14H,2,4,6-12H2,1H3,(H,21,23). The van der Waals surface area contributed by atoms with Gasteiger partial charge in [-0.2, -0.15) is 0 Å². The highest BCUT2D eigenvalue weighted by atomic mass is 35.5. The summed E-state index contributed by atoms with van der Waals surface area (Å²) in [4.78, 5) is 14.4. The molecule has 1 N–H and O–H groups in total. The van der Waals surface area contributed by atoms with E-state index in [0.717, 1.165) is 31.0 Å². The van der Waals surface area contributed by atoms with Crippen LogP contribution in [0.3, 0.4) is 0 Å². The van der Waals surface area contributed by atoms with Gasteiger partial charge in [0.2, 0.25) is 5.91 Å². The molecule has 0 radical (unpaired) electrons. The van der Waals surface area contributed by atoms with Gasteiger partial charge in [0, 0.05) is 23.0 Å². The van der Waals surface area contributed by atoms with Gasteiger partial charge in [0.05, 0.1) is 0 Å². The zero-order valence-corrected chi connectivity index (χ0v) is 15.3. The zero-order valence-electron chi connectivity index (χ0n) is 13.8. The molecule has 1 aromatic rings. The first-order valence-corrected chi connectivity index (χ1v) is 9.23. The number of benzene rings is 1. The van der Waals surface area contributed by atoms with Crippen LogP contribution in [0.1, 0.15) is 38.2 Å². The second-order valence-electron chi connectivity index (χ2n) is 6.46. The summed E-state index contributed by atoms with van der Waals surface area (Å²) in [5, 5.41) is 4.25. The summed E-state index contributed by atoms with van der Waals surface area (Å²) >= 11 is 12.0. The Morgan fingerprint density at radius 3 is 2.74 bits per heavy atom. The third-order valence-electron chi connectivity index (χ3n) is 4.49. The van der Waals surface area contributed by atoms with E-state index in [4.69, 9.17) is 23.2 Å². The van der Waals surface area contributed by atoms with Crippen molar-refractivity contribution < 1.29 is 4.79 Å². The smallest absolute Gasteiger partial charge is 0.220 e. The molecule has 1 fully saturated rings. The lowest BCUT2D eigenvalue weighted by molar-refractivity contribution is -0.121. The van der Waals surface area contributed by atoms with Gasteiger partial charge in [0.25, 0.3) is 0 Å². The number of rotatable bonds is 7. The van der Waals surface area contributed by atoms with E-state index in [1.54, 1.807) is 12.1 Å². The Labute approximate surface area is 149 Å². The third kappa shape index (κ3) is 6.70. The molecule has 0 atom stereocenters. The van der Waals surface area contributed by atoms with Gasteiger partial charge in [-0.1, -0.05) is 36.2 Å². The molecule has 0 saturated carbocycles. The van der Waals surface area contributed by atoms with Gasteiger partial charge in [-0.25, -0.2) is 0 Å². The Hall–Kier alpha value is -0.770. The van der Waals surface area contributed by atoms with Crippen molar-refractivity contribution >= 4 is 29.1 Å². The van der Waals surface area contributed by atoms with E-state index >= 15 is 0 Å². The number of hydrogen-bond donors (Lipinski definition) is 1. The fourth-order valence-corrected chi connectivity index (χ4v) is 3.38. The maximum absolute atomic E-state index is 11.9. The van der Waals surface area contributed by atoms with Crippen molar-refractivity contribution in [3.63, 3.8) is 0 Å². The van der Waals surface area contributed by atoms with Gasteiger partial charge >= 0.3 is 0 Å². The highest BCUT2D eigenvalue weighted by molar-refractivity contribution is 6.35. The van der Waals surface area contributed by atoms with Gasteiger partial charge in [0.1, 0.15) is 0 Å². The Bertz CT molecular complexity index is 514. The number of piperidine rings is 1. The monoisotopic (exact) mass is 356 g/mol. The molecular formula is C18H26Cl2N2O. The first-order valence-electron chi connectivity index (χ1n) is 8.47. The van der Waals surface area contributed by atoms with E-state index in [-0.39, 0.29) is 5.91 Å². The van der Waals surface area contributed by atoms with Gasteiger partial charge in [-0.3, -0.25) is 4.79 Å². The Balaban J connectivity index is 1.58. The van der Waals surface area contributed by atoms with Crippen molar-refractivity contribution in [1.29, 1.82) is 0 Å². The first-order chi connectivity index (χ1) is 11.0. The second kappa shape index (κ2) is 9.51. The molecule has 0 unspecified atom stereocenters. The second-order valence-corrected chi connectivity index (χ2v) is 7.31. The summed E-state index contributed by atoms with van der Waals surface area (Å²) in [6.45, 7) is 6.55. The maximum atomic E-state index is 11.9. The molecular weight excluding hydrogens is 331 g/mol. The van der Waals surface area contributed by atoms with Crippen molar-refractivity contribution in [1.82, 2.24) is 10.2 Å². The van der Waals surface area contributed by atoms with Crippen molar-refractivity contribution in [2.75, 3.05) is 26.2 Å². The predicted molar refractivity (Wildman–Crippen MR) is 97.2 cm³/mol. The lowest BCUT2D eigenvalue weighted by Crippen LogP contribution is -2.35. The molecule has 0 aliphatic carbocycles. The number of aryl methyl sites for hydroxylation is 1. The molecule has 1 saturated heterocycles. The third-order valence-corrected chi connectivity index (χ3v) is 5.07. The average molecular weight is 357 g/mol. The fraction of sp³-hybridized carbons (Fsp3) is 0.611. The molecule has 0 bridgehead atoms. The number of likely N-dealkylation sites (tertiary alicyclic amines) is 1. The molecule has 0 spiro atoms. The van der Waals surface area contributed by atoms with E-state index in [2.05, 4.69) is 17.1 Å². The molecule has 0 aromatic heterocycles. The number of carbonyl (C=O) groups is 1. The average Bonchev–Trinajstić information content (AvgIpc) is 2.52. The predicted octanol–water partition coefficient (Wildman–Crippen LogP) is 4.16. The minimum absolute atomic E-state index is 0.0864. The Morgan fingerprint density at radius 1 is 1.30 bits per heavy atom. The summed E-state index contributed by atoms with van der Waals surface area (Å²) in [5.74, 6) is 0.953. The normalized spacial score (nSPS) is 16.5. The maximum Gasteiger partial charge on any atom is 0.220 e. The number of nitrogens with one attached hydrogen (secondary N) is 1. The van der Waals surface area contributed by atoms with Gasteiger partial charge in [0.15, 0.2) is 0 Å². The zero-order chi connectivity index (χ0) is 16.7. The lowest BCUT2D eigenvalue weighted by atomic mass is 9.99. The number of halogens is 2. The summed E-state index contributed by atoms with van der Waals surface area (Å²) in [6.07, 6.45) is 4.72. The van der Waals surface area contributed by atoms with Crippen LogP contribution in [0.4, 0.5) is 0 Å². The van der Waals surface area contributed by atoms with E-state index in [1.165, 1.54) is 25.9 Å². The van der Waals surface area contributed by atoms with Gasteiger partial charge in [-0.05, 0) is 68.9 Å². The van der Waals surface area contributed by atoms with Crippen LogP contribution in [-0.4, -0.2) is 37.0 Å². The minimum atomic E-state index is 0.0864. The number of hydrogen-bond acceptors (Lipinski definition) is 2. The number of nitrogens with zero attached hydrogens (tertiary/aromatic N) is 1. The van der Waals surface area contributed by atoms with Crippen molar-refractivity contribution in [3.05, 3.63) is 33.8 Å². The number of amides is 1. The largest absolute Gasteiger partial charge is 0.356 e. The van der Waals surface area contributed by atoms with Crippen molar-refractivity contribution in [2.24, 2.45) is 5.92 Å². The molecule has 1 aromatic carbocycles. The van der Waals surface area contributed by atoms with E-state index in [9.17, 15) is 4.79 Å². The van der Waals surface area contributed by atoms with Crippen LogP contribution >= 0.6 is 23.2 Å². The molecule has 5 heteroatoms. The Kier molecular flexibility index (Phi) is 7.68. The molecule has 1 aliphatic rings. The van der Waals surface area contributed by atoms with Crippen molar-refractivity contribution in [3.8, 4) is 0 Å². The first kappa shape index (κ1) is 18.6. The van der Waals surface area contributed by atoms with Gasteiger partial charge in [-0.15, -0.1) is 0 Å². The van der Waals surface area contributed by atoms with Gasteiger partial charge < -0.3 is 10.2 Å². The van der Waals surface area contributed by atoms with E-state index < -0.39 is 0 Å². The molecule has 128 valence electrons. The minimum Gasteiger partial charge on any atom is -0.356 e. The topological polar surface area (TPSA) is 32.3 Å². The molecule has 2 rings (SSSR count).